The second kappa shape index (κ2) is 9.59. The Morgan fingerprint density at radius 3 is 2.85 bits per heavy atom. The summed E-state index contributed by atoms with van der Waals surface area (Å²) in [5.41, 5.74) is 2.05. The molecule has 0 radical (unpaired) electrons. The molecule has 1 saturated heterocycles. The molecule has 1 N–H and O–H groups in total. The van der Waals surface area contributed by atoms with E-state index in [9.17, 15) is 0 Å². The van der Waals surface area contributed by atoms with Crippen molar-refractivity contribution in [1.29, 1.82) is 5.26 Å². The number of quaternary nitrogens is 1. The van der Waals surface area contributed by atoms with Crippen molar-refractivity contribution in [2.24, 2.45) is 15.1 Å². The summed E-state index contributed by atoms with van der Waals surface area (Å²) in [6.07, 6.45) is 8.85. The number of nitrogens with one attached hydrogen (secondary N) is 1. The summed E-state index contributed by atoms with van der Waals surface area (Å²) in [6, 6.07) is 11.2. The third-order valence-corrected chi connectivity index (χ3v) is 6.21. The summed E-state index contributed by atoms with van der Waals surface area (Å²) in [7, 11) is 0. The highest BCUT2D eigenvalue weighted by Gasteiger charge is 2.47. The first-order valence-corrected chi connectivity index (χ1v) is 10.9. The van der Waals surface area contributed by atoms with Gasteiger partial charge in [-0.15, -0.1) is 17.4 Å². The number of hydrogen-bond donors (Lipinski definition) is 1. The minimum Gasteiger partial charge on any atom is -0.366 e. The summed E-state index contributed by atoms with van der Waals surface area (Å²) >= 11 is 12.5. The number of aromatic nitrogens is 1. The molecule has 5 rings (SSSR count). The lowest BCUT2D eigenvalue weighted by atomic mass is 10.1. The highest BCUT2D eigenvalue weighted by atomic mass is 35.5. The molecule has 2 aromatic rings. The first-order chi connectivity index (χ1) is 15.6. The van der Waals surface area contributed by atoms with Crippen LogP contribution in [0.2, 0.25) is 10.0 Å². The molecule has 1 aromatic carbocycles. The number of hydrogen-bond acceptors (Lipinski definition) is 7. The Morgan fingerprint density at radius 2 is 2.09 bits per heavy atom. The maximum absolute atomic E-state index is 8.98. The number of nitriles is 1. The number of anilines is 1. The predicted octanol–water partition coefficient (Wildman–Crippen LogP) is 4.73. The molecule has 1 aromatic heterocycles. The fourth-order valence-electron chi connectivity index (χ4n) is 4.10. The molecule has 2 atom stereocenters. The van der Waals surface area contributed by atoms with E-state index in [4.69, 9.17) is 33.6 Å². The second-order valence-electron chi connectivity index (χ2n) is 7.70. The van der Waals surface area contributed by atoms with E-state index < -0.39 is 0 Å². The average Bonchev–Trinajstić information content (AvgIpc) is 3.24. The molecule has 0 aliphatic carbocycles. The van der Waals surface area contributed by atoms with Crippen LogP contribution in [0.1, 0.15) is 24.0 Å². The average molecular weight is 503 g/mol. The molecule has 11 heteroatoms. The van der Waals surface area contributed by atoms with Crippen LogP contribution in [-0.4, -0.2) is 52.2 Å². The number of benzene rings is 1. The monoisotopic (exact) mass is 501 g/mol. The highest BCUT2D eigenvalue weighted by molar-refractivity contribution is 6.36. The molecule has 3 aliphatic rings. The molecule has 8 nitrogen and oxygen atoms in total. The number of piperidine rings is 1. The Morgan fingerprint density at radius 1 is 1.21 bits per heavy atom. The Kier molecular flexibility index (Phi) is 6.79. The van der Waals surface area contributed by atoms with Crippen LogP contribution in [0.25, 0.3) is 5.70 Å². The van der Waals surface area contributed by atoms with Crippen molar-refractivity contribution >= 4 is 65.5 Å². The topological polar surface area (TPSA) is 89.0 Å². The van der Waals surface area contributed by atoms with E-state index in [1.165, 1.54) is 0 Å². The summed E-state index contributed by atoms with van der Waals surface area (Å²) in [6.45, 7) is 1.57. The molecule has 0 bridgehead atoms. The van der Waals surface area contributed by atoms with Gasteiger partial charge >= 0.3 is 0 Å². The van der Waals surface area contributed by atoms with Gasteiger partial charge in [-0.2, -0.15) is 10.3 Å². The van der Waals surface area contributed by atoms with Crippen LogP contribution >= 0.6 is 35.6 Å². The molecule has 2 unspecified atom stereocenters. The largest absolute Gasteiger partial charge is 0.366 e. The van der Waals surface area contributed by atoms with Gasteiger partial charge in [-0.3, -0.25) is 0 Å². The number of halogens is 3. The Hall–Kier alpha value is -2.80. The summed E-state index contributed by atoms with van der Waals surface area (Å²) in [4.78, 5) is 13.4. The number of amidine groups is 1. The molecule has 0 saturated carbocycles. The van der Waals surface area contributed by atoms with Crippen LogP contribution in [0.5, 0.6) is 0 Å². The van der Waals surface area contributed by atoms with Crippen LogP contribution in [-0.2, 0) is 0 Å². The van der Waals surface area contributed by atoms with Gasteiger partial charge in [0.05, 0.1) is 23.7 Å². The van der Waals surface area contributed by atoms with E-state index in [0.29, 0.717) is 21.3 Å². The van der Waals surface area contributed by atoms with Gasteiger partial charge in [0, 0.05) is 22.8 Å². The van der Waals surface area contributed by atoms with Crippen LogP contribution in [0, 0.1) is 11.3 Å². The van der Waals surface area contributed by atoms with Crippen molar-refractivity contribution in [3.63, 3.8) is 0 Å². The molecule has 0 spiro atoms. The van der Waals surface area contributed by atoms with E-state index >= 15 is 0 Å². The molecule has 168 valence electrons. The van der Waals surface area contributed by atoms with Gasteiger partial charge in [-0.25, -0.2) is 9.98 Å². The zero-order chi connectivity index (χ0) is 22.1. The number of rotatable bonds is 4. The van der Waals surface area contributed by atoms with Crippen LogP contribution in [0.15, 0.2) is 57.8 Å². The smallest absolute Gasteiger partial charge is 0.300 e. The van der Waals surface area contributed by atoms with Gasteiger partial charge in [0.25, 0.3) is 5.84 Å². The van der Waals surface area contributed by atoms with E-state index in [1.54, 1.807) is 36.9 Å². The maximum Gasteiger partial charge on any atom is 0.300 e. The minimum atomic E-state index is 0. The fraction of sp³-hybridized carbons (Fsp3) is 0.227. The Balaban J connectivity index is 0.00000259. The second-order valence-corrected chi connectivity index (χ2v) is 8.55. The molecule has 33 heavy (non-hydrogen) atoms. The predicted molar refractivity (Wildman–Crippen MR) is 134 cm³/mol. The third kappa shape index (κ3) is 4.51. The lowest BCUT2D eigenvalue weighted by Crippen LogP contribution is -2.61. The van der Waals surface area contributed by atoms with Gasteiger partial charge in [-0.1, -0.05) is 23.2 Å². The molecular weight excluding hydrogens is 483 g/mol. The zero-order valence-electron chi connectivity index (χ0n) is 17.4. The lowest BCUT2D eigenvalue weighted by Gasteiger charge is -2.40. The molecule has 3 aliphatic heterocycles. The molecule has 0 amide bonds. The number of aliphatic imine (C=N–C) groups is 2. The summed E-state index contributed by atoms with van der Waals surface area (Å²) in [5.74, 6) is 1.48. The van der Waals surface area contributed by atoms with E-state index in [0.717, 1.165) is 43.1 Å². The van der Waals surface area contributed by atoms with Gasteiger partial charge in [0.2, 0.25) is 0 Å². The SMILES string of the molecule is Cl.N#Cc1ccc(NC2CCCN([N+]34C=C(c5ccc(Cl)cc5Cl)N=CC3=NC=N4)C2)nc1. The van der Waals surface area contributed by atoms with Gasteiger partial charge in [-0.05, 0) is 53.0 Å². The van der Waals surface area contributed by atoms with Gasteiger partial charge in [0.1, 0.15) is 23.8 Å². The Bertz CT molecular complexity index is 1220. The fourth-order valence-corrected chi connectivity index (χ4v) is 4.60. The van der Waals surface area contributed by atoms with Crippen LogP contribution in [0.4, 0.5) is 5.82 Å². The van der Waals surface area contributed by atoms with Crippen molar-refractivity contribution in [2.45, 2.75) is 18.9 Å². The van der Waals surface area contributed by atoms with Crippen molar-refractivity contribution in [2.75, 3.05) is 18.4 Å². The quantitative estimate of drug-likeness (QED) is 0.612. The van der Waals surface area contributed by atoms with Crippen molar-refractivity contribution in [3.05, 3.63) is 63.9 Å². The number of pyridine rings is 1. The highest BCUT2D eigenvalue weighted by Crippen LogP contribution is 2.35. The van der Waals surface area contributed by atoms with E-state index in [-0.39, 0.29) is 23.1 Å². The standard InChI is InChI=1S/C22H19Cl2N8.ClH/c23-16-4-5-18(19(24)8-16)20-13-32(22(11-26-20)28-14-29-32)31-7-1-2-17(12-31)30-21-6-3-15(9-25)10-27-21;/h3-6,8,10-11,13-14,17H,1-2,7,12H2,(H,27,30);1H/q+1;. The van der Waals surface area contributed by atoms with Crippen LogP contribution in [0.3, 0.4) is 0 Å². The van der Waals surface area contributed by atoms with Gasteiger partial charge < -0.3 is 5.32 Å². The van der Waals surface area contributed by atoms with Crippen molar-refractivity contribution < 1.29 is 4.70 Å². The molecule has 4 heterocycles. The minimum absolute atomic E-state index is 0. The number of nitrogens with zero attached hydrogens (tertiary/aromatic N) is 7. The maximum atomic E-state index is 8.98. The van der Waals surface area contributed by atoms with Crippen molar-refractivity contribution in [1.82, 2.24) is 9.99 Å². The van der Waals surface area contributed by atoms with Gasteiger partial charge in [0.15, 0.2) is 12.5 Å². The normalized spacial score (nSPS) is 23.7. The first kappa shape index (κ1) is 23.4. The third-order valence-electron chi connectivity index (χ3n) is 5.66. The summed E-state index contributed by atoms with van der Waals surface area (Å²) in [5, 5.41) is 20.5. The zero-order valence-corrected chi connectivity index (χ0v) is 19.7. The van der Waals surface area contributed by atoms with E-state index in [1.807, 2.05) is 18.3 Å². The van der Waals surface area contributed by atoms with Crippen LogP contribution < -0.4 is 5.32 Å². The van der Waals surface area contributed by atoms with E-state index in [2.05, 4.69) is 31.4 Å². The Labute approximate surface area is 207 Å². The number of fused-ring (bicyclic) bond motifs is 1. The molecule has 1 fully saturated rings. The molecular formula is C22H20Cl3N8+. The van der Waals surface area contributed by atoms with Crippen molar-refractivity contribution in [3.8, 4) is 6.07 Å². The lowest BCUT2D eigenvalue weighted by molar-refractivity contribution is -0.917. The summed E-state index contributed by atoms with van der Waals surface area (Å²) < 4.78 is 0.122. The first-order valence-electron chi connectivity index (χ1n) is 10.2.